The van der Waals surface area contributed by atoms with Gasteiger partial charge in [-0.15, -0.1) is 11.3 Å². The van der Waals surface area contributed by atoms with Crippen LogP contribution in [0, 0.1) is 0 Å². The Bertz CT molecular complexity index is 726. The number of carbonyl (C=O) groups is 2. The molecule has 0 bridgehead atoms. The number of methoxy groups -OCH3 is 1. The molecule has 0 saturated carbocycles. The number of likely N-dealkylation sites (tertiary alicyclic amines) is 1. The van der Waals surface area contributed by atoms with Crippen LogP contribution in [0.15, 0.2) is 29.6 Å². The Morgan fingerprint density at radius 2 is 2.09 bits per heavy atom. The van der Waals surface area contributed by atoms with E-state index in [-0.39, 0.29) is 5.91 Å². The molecule has 1 aliphatic rings. The van der Waals surface area contributed by atoms with Crippen molar-refractivity contribution in [1.29, 1.82) is 0 Å². The number of carboxylic acids is 1. The third-order valence-corrected chi connectivity index (χ3v) is 4.75. The zero-order chi connectivity index (χ0) is 16.4. The van der Waals surface area contributed by atoms with Crippen molar-refractivity contribution < 1.29 is 19.4 Å². The van der Waals surface area contributed by atoms with Gasteiger partial charge in [-0.2, -0.15) is 0 Å². The van der Waals surface area contributed by atoms with Gasteiger partial charge in [-0.05, 0) is 37.1 Å². The van der Waals surface area contributed by atoms with Crippen molar-refractivity contribution in [3.63, 3.8) is 0 Å². The molecule has 1 saturated heterocycles. The van der Waals surface area contributed by atoms with Crippen molar-refractivity contribution in [1.82, 2.24) is 9.88 Å². The highest BCUT2D eigenvalue weighted by Gasteiger charge is 2.35. The van der Waals surface area contributed by atoms with Crippen molar-refractivity contribution >= 4 is 23.2 Å². The van der Waals surface area contributed by atoms with Gasteiger partial charge >= 0.3 is 5.97 Å². The van der Waals surface area contributed by atoms with Gasteiger partial charge in [0.2, 0.25) is 0 Å². The molecule has 2 heterocycles. The molecule has 23 heavy (non-hydrogen) atoms. The van der Waals surface area contributed by atoms with Crippen LogP contribution in [0.1, 0.15) is 23.3 Å². The van der Waals surface area contributed by atoms with E-state index in [0.717, 1.165) is 16.3 Å². The second-order valence-electron chi connectivity index (χ2n) is 5.26. The minimum Gasteiger partial charge on any atom is -0.497 e. The van der Waals surface area contributed by atoms with Crippen LogP contribution in [0.4, 0.5) is 0 Å². The number of rotatable bonds is 4. The van der Waals surface area contributed by atoms with Gasteiger partial charge in [0.25, 0.3) is 5.91 Å². The van der Waals surface area contributed by atoms with Gasteiger partial charge in [-0.1, -0.05) is 0 Å². The number of aromatic nitrogens is 1. The highest BCUT2D eigenvalue weighted by Crippen LogP contribution is 2.27. The molecule has 1 fully saturated rings. The fourth-order valence-electron chi connectivity index (χ4n) is 2.65. The Labute approximate surface area is 137 Å². The molecule has 0 unspecified atom stereocenters. The number of hydrogen-bond donors (Lipinski definition) is 1. The van der Waals surface area contributed by atoms with E-state index in [1.165, 1.54) is 16.2 Å². The first kappa shape index (κ1) is 15.5. The standard InChI is InChI=1S/C16H16N2O4S/c1-22-11-6-4-10(5-7-11)14-17-12(9-23-14)15(19)18-8-2-3-13(18)16(20)21/h4-7,9,13H,2-3,8H2,1H3,(H,20,21)/t13-/m0/s1. The number of aliphatic carboxylic acids is 1. The van der Waals surface area contributed by atoms with Crippen LogP contribution >= 0.6 is 11.3 Å². The Morgan fingerprint density at radius 1 is 1.35 bits per heavy atom. The van der Waals surface area contributed by atoms with E-state index < -0.39 is 12.0 Å². The van der Waals surface area contributed by atoms with Crippen LogP contribution < -0.4 is 4.74 Å². The summed E-state index contributed by atoms with van der Waals surface area (Å²) in [6, 6.07) is 6.68. The topological polar surface area (TPSA) is 79.7 Å². The van der Waals surface area contributed by atoms with Gasteiger partial charge in [0.15, 0.2) is 0 Å². The second kappa shape index (κ2) is 6.37. The summed E-state index contributed by atoms with van der Waals surface area (Å²) in [4.78, 5) is 29.5. The molecule has 1 aliphatic heterocycles. The lowest BCUT2D eigenvalue weighted by molar-refractivity contribution is -0.141. The molecule has 0 radical (unpaired) electrons. The van der Waals surface area contributed by atoms with E-state index >= 15 is 0 Å². The maximum Gasteiger partial charge on any atom is 0.326 e. The van der Waals surface area contributed by atoms with Crippen LogP contribution in [0.5, 0.6) is 5.75 Å². The van der Waals surface area contributed by atoms with Crippen molar-refractivity contribution in [2.24, 2.45) is 0 Å². The van der Waals surface area contributed by atoms with E-state index in [0.29, 0.717) is 25.1 Å². The molecule has 7 heteroatoms. The SMILES string of the molecule is COc1ccc(-c2nc(C(=O)N3CCC[C@H]3C(=O)O)cs2)cc1. The molecule has 3 rings (SSSR count). The van der Waals surface area contributed by atoms with Crippen LogP contribution in [0.2, 0.25) is 0 Å². The molecule has 1 atom stereocenters. The molecule has 1 aromatic heterocycles. The lowest BCUT2D eigenvalue weighted by atomic mass is 10.2. The molecule has 6 nitrogen and oxygen atoms in total. The number of hydrogen-bond acceptors (Lipinski definition) is 5. The maximum absolute atomic E-state index is 12.5. The van der Waals surface area contributed by atoms with Crippen molar-refractivity contribution in [3.05, 3.63) is 35.3 Å². The zero-order valence-electron chi connectivity index (χ0n) is 12.6. The largest absolute Gasteiger partial charge is 0.497 e. The van der Waals surface area contributed by atoms with Crippen LogP contribution in [-0.4, -0.2) is 46.6 Å². The third kappa shape index (κ3) is 3.05. The van der Waals surface area contributed by atoms with Crippen LogP contribution in [-0.2, 0) is 4.79 Å². The lowest BCUT2D eigenvalue weighted by Gasteiger charge is -2.20. The lowest BCUT2D eigenvalue weighted by Crippen LogP contribution is -2.40. The molecule has 1 amide bonds. The molecular weight excluding hydrogens is 316 g/mol. The monoisotopic (exact) mass is 332 g/mol. The number of carboxylic acid groups (broad SMARTS) is 1. The molecule has 1 N–H and O–H groups in total. The van der Waals surface area contributed by atoms with Gasteiger partial charge in [-0.3, -0.25) is 4.79 Å². The smallest absolute Gasteiger partial charge is 0.326 e. The summed E-state index contributed by atoms with van der Waals surface area (Å²) < 4.78 is 5.12. The third-order valence-electron chi connectivity index (χ3n) is 3.86. The van der Waals surface area contributed by atoms with E-state index in [4.69, 9.17) is 4.74 Å². The van der Waals surface area contributed by atoms with Gasteiger partial charge in [0, 0.05) is 17.5 Å². The Hall–Kier alpha value is -2.41. The average molecular weight is 332 g/mol. The summed E-state index contributed by atoms with van der Waals surface area (Å²) in [5.74, 6) is -0.518. The van der Waals surface area contributed by atoms with E-state index in [1.54, 1.807) is 12.5 Å². The summed E-state index contributed by atoms with van der Waals surface area (Å²) in [6.45, 7) is 0.463. The summed E-state index contributed by atoms with van der Waals surface area (Å²) >= 11 is 1.37. The van der Waals surface area contributed by atoms with Crippen LogP contribution in [0.25, 0.3) is 10.6 Å². The number of carbonyl (C=O) groups excluding carboxylic acids is 1. The van der Waals surface area contributed by atoms with Gasteiger partial charge in [0.1, 0.15) is 22.5 Å². The first-order valence-electron chi connectivity index (χ1n) is 7.24. The Morgan fingerprint density at radius 3 is 2.74 bits per heavy atom. The summed E-state index contributed by atoms with van der Waals surface area (Å²) in [5, 5.41) is 11.6. The van der Waals surface area contributed by atoms with Crippen molar-refractivity contribution in [2.75, 3.05) is 13.7 Å². The number of nitrogens with zero attached hydrogens (tertiary/aromatic N) is 2. The predicted octanol–water partition coefficient (Wildman–Crippen LogP) is 2.51. The number of amides is 1. The number of benzene rings is 1. The molecule has 2 aromatic rings. The first-order valence-corrected chi connectivity index (χ1v) is 8.12. The van der Waals surface area contributed by atoms with Gasteiger partial charge in [-0.25, -0.2) is 9.78 Å². The molecule has 0 aliphatic carbocycles. The summed E-state index contributed by atoms with van der Waals surface area (Å²) in [7, 11) is 1.60. The normalized spacial score (nSPS) is 17.3. The van der Waals surface area contributed by atoms with Crippen molar-refractivity contribution in [3.8, 4) is 16.3 Å². The second-order valence-corrected chi connectivity index (χ2v) is 6.12. The van der Waals surface area contributed by atoms with Gasteiger partial charge in [0.05, 0.1) is 7.11 Å². The van der Waals surface area contributed by atoms with E-state index in [1.807, 2.05) is 24.3 Å². The zero-order valence-corrected chi connectivity index (χ0v) is 13.4. The fraction of sp³-hybridized carbons (Fsp3) is 0.312. The van der Waals surface area contributed by atoms with Crippen molar-refractivity contribution in [2.45, 2.75) is 18.9 Å². The Balaban J connectivity index is 1.80. The number of thiazole rings is 1. The molecular formula is C16H16N2O4S. The molecule has 1 aromatic carbocycles. The van der Waals surface area contributed by atoms with Gasteiger partial charge < -0.3 is 14.7 Å². The highest BCUT2D eigenvalue weighted by atomic mass is 32.1. The maximum atomic E-state index is 12.5. The van der Waals surface area contributed by atoms with Crippen LogP contribution in [0.3, 0.4) is 0 Å². The minimum absolute atomic E-state index is 0.300. The predicted molar refractivity (Wildman–Crippen MR) is 85.8 cm³/mol. The quantitative estimate of drug-likeness (QED) is 0.930. The highest BCUT2D eigenvalue weighted by molar-refractivity contribution is 7.13. The molecule has 120 valence electrons. The van der Waals surface area contributed by atoms with E-state index in [9.17, 15) is 14.7 Å². The minimum atomic E-state index is -0.957. The summed E-state index contributed by atoms with van der Waals surface area (Å²) in [5.41, 5.74) is 1.19. The fourth-order valence-corrected chi connectivity index (χ4v) is 3.45. The van der Waals surface area contributed by atoms with E-state index in [2.05, 4.69) is 4.98 Å². The first-order chi connectivity index (χ1) is 11.1. The summed E-state index contributed by atoms with van der Waals surface area (Å²) in [6.07, 6.45) is 1.20. The number of ether oxygens (including phenoxy) is 1. The Kier molecular flexibility index (Phi) is 4.29. The molecule has 0 spiro atoms. The average Bonchev–Trinajstić information content (AvgIpc) is 3.23.